The number of aromatic nitrogens is 4. The van der Waals surface area contributed by atoms with E-state index in [1.165, 1.54) is 4.90 Å². The molecule has 19 nitrogen and oxygen atoms in total. The molecule has 2 saturated heterocycles. The van der Waals surface area contributed by atoms with Crippen molar-refractivity contribution < 1.29 is 42.9 Å². The summed E-state index contributed by atoms with van der Waals surface area (Å²) in [5.74, 6) is 0.819. The number of rotatable bonds is 29. The van der Waals surface area contributed by atoms with E-state index in [0.29, 0.717) is 87.3 Å². The van der Waals surface area contributed by atoms with E-state index < -0.39 is 17.5 Å². The molecule has 6 N–H and O–H groups in total. The van der Waals surface area contributed by atoms with Gasteiger partial charge in [0.05, 0.1) is 44.6 Å². The van der Waals surface area contributed by atoms with Crippen molar-refractivity contribution in [2.45, 2.75) is 108 Å². The van der Waals surface area contributed by atoms with Gasteiger partial charge < -0.3 is 45.1 Å². The molecule has 5 heterocycles. The highest BCUT2D eigenvalue weighted by Crippen LogP contribution is 2.35. The predicted molar refractivity (Wildman–Crippen MR) is 289 cm³/mol. The molecular formula is C56H71ClN10O9. The van der Waals surface area contributed by atoms with Crippen LogP contribution in [0.1, 0.15) is 128 Å². The summed E-state index contributed by atoms with van der Waals surface area (Å²) in [6.45, 7) is 7.75. The van der Waals surface area contributed by atoms with Gasteiger partial charge in [0.1, 0.15) is 11.8 Å². The second-order valence-corrected chi connectivity index (χ2v) is 19.2. The van der Waals surface area contributed by atoms with E-state index >= 15 is 0 Å². The summed E-state index contributed by atoms with van der Waals surface area (Å²) in [5.41, 5.74) is 4.52. The number of ether oxygens (including phenoxy) is 4. The van der Waals surface area contributed by atoms with E-state index in [1.54, 1.807) is 30.6 Å². The first-order valence-corrected chi connectivity index (χ1v) is 26.4. The minimum atomic E-state index is -0.705. The summed E-state index contributed by atoms with van der Waals surface area (Å²) in [5, 5.41) is 23.3. The highest BCUT2D eigenvalue weighted by Gasteiger charge is 2.40. The number of pyridine rings is 1. The van der Waals surface area contributed by atoms with Gasteiger partial charge in [0.2, 0.25) is 17.7 Å². The Balaban J connectivity index is 0.00000840. The molecule has 20 heteroatoms. The summed E-state index contributed by atoms with van der Waals surface area (Å²) in [4.78, 5) is 73.7. The second-order valence-electron chi connectivity index (χ2n) is 19.2. The molecule has 8 rings (SSSR count). The molecule has 5 aromatic rings. The maximum Gasteiger partial charge on any atom is 0.255 e. The lowest BCUT2D eigenvalue weighted by atomic mass is 9.87. The summed E-state index contributed by atoms with van der Waals surface area (Å²) in [6.07, 6.45) is 12.2. The highest BCUT2D eigenvalue weighted by atomic mass is 35.5. The van der Waals surface area contributed by atoms with Crippen molar-refractivity contribution in [3.05, 3.63) is 119 Å². The van der Waals surface area contributed by atoms with E-state index in [9.17, 15) is 24.0 Å². The van der Waals surface area contributed by atoms with Crippen molar-refractivity contribution in [2.24, 2.45) is 0 Å². The van der Waals surface area contributed by atoms with Gasteiger partial charge in [-0.3, -0.25) is 39.4 Å². The number of nitrogens with zero attached hydrogens (tertiary/aromatic N) is 4. The van der Waals surface area contributed by atoms with Gasteiger partial charge in [0.25, 0.3) is 11.8 Å². The third kappa shape index (κ3) is 15.9. The number of carbonyl (C=O) groups excluding carboxylic acids is 5. The normalized spacial score (nSPS) is 16.3. The lowest BCUT2D eigenvalue weighted by molar-refractivity contribution is -0.137. The fourth-order valence-corrected chi connectivity index (χ4v) is 9.58. The number of benzene rings is 3. The van der Waals surface area contributed by atoms with Crippen LogP contribution >= 0.6 is 12.4 Å². The number of H-pyrrole nitrogens is 1. The van der Waals surface area contributed by atoms with Crippen LogP contribution in [-0.2, 0) is 40.7 Å². The van der Waals surface area contributed by atoms with Crippen molar-refractivity contribution in [3.8, 4) is 17.1 Å². The van der Waals surface area contributed by atoms with Gasteiger partial charge in [-0.1, -0.05) is 37.1 Å². The minimum Gasteiger partial charge on any atom is -0.494 e. The van der Waals surface area contributed by atoms with E-state index in [0.717, 1.165) is 92.8 Å². The van der Waals surface area contributed by atoms with E-state index in [4.69, 9.17) is 23.9 Å². The van der Waals surface area contributed by atoms with Crippen molar-refractivity contribution in [3.63, 3.8) is 0 Å². The van der Waals surface area contributed by atoms with Crippen LogP contribution in [-0.4, -0.2) is 120 Å². The zero-order chi connectivity index (χ0) is 52.2. The molecule has 0 spiro atoms. The van der Waals surface area contributed by atoms with Crippen LogP contribution in [0.25, 0.3) is 11.4 Å². The molecule has 406 valence electrons. The van der Waals surface area contributed by atoms with Crippen LogP contribution in [0.3, 0.4) is 0 Å². The number of halogens is 1. The SMILES string of the molecule is C[C@@H](NC(=O)c1cccc(NC2(c3nc(-c4ccncc4)n[nH]3)CCNCC2)c1)c1ccc(OCCCCCCOCCOCCOCCCCCC(=O)Nc2cccc3c2CN(C2CCC(=O)NC2=O)C3=O)cc1.Cl. The molecule has 0 aliphatic carbocycles. The molecule has 76 heavy (non-hydrogen) atoms. The first-order valence-electron chi connectivity index (χ1n) is 26.4. The van der Waals surface area contributed by atoms with Gasteiger partial charge in [-0.15, -0.1) is 12.4 Å². The third-order valence-electron chi connectivity index (χ3n) is 13.8. The van der Waals surface area contributed by atoms with E-state index in [-0.39, 0.29) is 61.5 Å². The van der Waals surface area contributed by atoms with Gasteiger partial charge in [-0.25, -0.2) is 4.98 Å². The number of nitrogens with one attached hydrogen (secondary N) is 6. The van der Waals surface area contributed by atoms with E-state index in [2.05, 4.69) is 41.8 Å². The smallest absolute Gasteiger partial charge is 0.255 e. The third-order valence-corrected chi connectivity index (χ3v) is 13.8. The Morgan fingerprint density at radius 3 is 2.21 bits per heavy atom. The number of anilines is 2. The van der Waals surface area contributed by atoms with E-state index in [1.807, 2.05) is 67.6 Å². The average molecular weight is 1060 g/mol. The quantitative estimate of drug-likeness (QED) is 0.0202. The van der Waals surface area contributed by atoms with Crippen molar-refractivity contribution in [1.82, 2.24) is 41.0 Å². The molecule has 3 aliphatic rings. The lowest BCUT2D eigenvalue weighted by Crippen LogP contribution is -2.52. The topological polar surface area (TPSA) is 240 Å². The summed E-state index contributed by atoms with van der Waals surface area (Å²) >= 11 is 0. The molecule has 0 radical (unpaired) electrons. The Kier molecular flexibility index (Phi) is 21.7. The van der Waals surface area contributed by atoms with Gasteiger partial charge >= 0.3 is 0 Å². The number of unbranched alkanes of at least 4 members (excludes halogenated alkanes) is 5. The highest BCUT2D eigenvalue weighted by molar-refractivity contribution is 6.07. The van der Waals surface area contributed by atoms with Crippen molar-refractivity contribution in [1.29, 1.82) is 0 Å². The minimum absolute atomic E-state index is 0. The molecule has 5 amide bonds. The molecule has 3 aromatic carbocycles. The van der Waals surface area contributed by atoms with Gasteiger partial charge in [-0.2, -0.15) is 5.10 Å². The maximum atomic E-state index is 13.5. The maximum absolute atomic E-state index is 13.5. The number of piperidine rings is 2. The Morgan fingerprint density at radius 1 is 0.803 bits per heavy atom. The standard InChI is InChI=1S/C56H70N10O9.ClH/c1-39(59-52(69)42-11-9-12-43(37-42)63-56(24-28-58-29-25-56)55-62-51(64-65-55)41-22-26-57-27-23-41)40-16-18-44(19-17-40)75-32-8-3-2-6-30-72-33-35-74-36-34-73-31-7-4-5-15-49(67)60-47-14-10-13-45-46(47)38-66(54(45)71)48-20-21-50(68)61-53(48)70;/h9-14,16-19,22-23,26-27,37,39,48,58,63H,2-8,15,20-21,24-25,28-36,38H2,1H3,(H,59,69)(H,60,67)(H,61,68,70)(H,62,64,65);1H/t39-,48?;/m1./s1. The number of fused-ring (bicyclic) bond motifs is 1. The molecule has 1 unspecified atom stereocenters. The van der Waals surface area contributed by atoms with Crippen LogP contribution in [0.5, 0.6) is 5.75 Å². The fraction of sp³-hybridized carbons (Fsp3) is 0.464. The largest absolute Gasteiger partial charge is 0.494 e. The Labute approximate surface area is 450 Å². The fourth-order valence-electron chi connectivity index (χ4n) is 9.58. The van der Waals surface area contributed by atoms with Gasteiger partial charge in [-0.05, 0) is 132 Å². The summed E-state index contributed by atoms with van der Waals surface area (Å²) in [7, 11) is 0. The predicted octanol–water partition coefficient (Wildman–Crippen LogP) is 7.42. The second kappa shape index (κ2) is 28.9. The summed E-state index contributed by atoms with van der Waals surface area (Å²) < 4.78 is 23.1. The average Bonchev–Trinajstić information content (AvgIpc) is 4.12. The molecule has 2 fully saturated rings. The first kappa shape index (κ1) is 56.9. The zero-order valence-corrected chi connectivity index (χ0v) is 44.1. The van der Waals surface area contributed by atoms with Gasteiger partial charge in [0, 0.05) is 78.6 Å². The molecular weight excluding hydrogens is 992 g/mol. The Morgan fingerprint density at radius 2 is 1.49 bits per heavy atom. The number of carbonyl (C=O) groups is 5. The Bertz CT molecular complexity index is 2680. The van der Waals surface area contributed by atoms with Gasteiger partial charge in [0.15, 0.2) is 11.6 Å². The monoisotopic (exact) mass is 1060 g/mol. The number of hydrogen-bond donors (Lipinski definition) is 6. The lowest BCUT2D eigenvalue weighted by Gasteiger charge is -2.37. The number of hydrogen-bond acceptors (Lipinski definition) is 14. The van der Waals surface area contributed by atoms with Crippen LogP contribution in [0.15, 0.2) is 91.3 Å². The zero-order valence-electron chi connectivity index (χ0n) is 43.2. The van der Waals surface area contributed by atoms with Crippen LogP contribution < -0.4 is 31.3 Å². The van der Waals surface area contributed by atoms with Crippen molar-refractivity contribution >= 4 is 53.3 Å². The molecule has 2 atom stereocenters. The molecule has 2 aromatic heterocycles. The number of aromatic amines is 1. The Hall–Kier alpha value is -6.77. The molecule has 0 saturated carbocycles. The van der Waals surface area contributed by atoms with Crippen LogP contribution in [0, 0.1) is 0 Å². The summed E-state index contributed by atoms with van der Waals surface area (Å²) in [6, 6.07) is 23.5. The molecule has 3 aliphatic heterocycles. The first-order chi connectivity index (χ1) is 36.7. The van der Waals surface area contributed by atoms with Crippen LogP contribution in [0.2, 0.25) is 0 Å². The van der Waals surface area contributed by atoms with Crippen molar-refractivity contribution in [2.75, 3.05) is 70.0 Å². The van der Waals surface area contributed by atoms with Crippen LogP contribution in [0.4, 0.5) is 11.4 Å². The molecule has 0 bridgehead atoms. The number of amides is 5. The number of imide groups is 1.